The van der Waals surface area contributed by atoms with E-state index in [1.807, 2.05) is 36.4 Å². The summed E-state index contributed by atoms with van der Waals surface area (Å²) in [7, 11) is 0. The number of hydrogen-bond acceptors (Lipinski definition) is 1. The monoisotopic (exact) mass is 421 g/mol. The van der Waals surface area contributed by atoms with E-state index < -0.39 is 6.67 Å². The van der Waals surface area contributed by atoms with Gasteiger partial charge in [-0.3, -0.25) is 4.98 Å². The molecule has 0 N–H and O–H groups in total. The third-order valence-corrected chi connectivity index (χ3v) is 2.97. The molecule has 1 aromatic carbocycles. The first-order chi connectivity index (χ1) is 8.14. The van der Waals surface area contributed by atoms with Gasteiger partial charge in [-0.05, 0) is 12.1 Å². The van der Waals surface area contributed by atoms with Crippen LogP contribution in [-0.4, -0.2) is 4.98 Å². The van der Waals surface area contributed by atoms with Gasteiger partial charge in [0.25, 0.3) is 0 Å². The van der Waals surface area contributed by atoms with Gasteiger partial charge in [0, 0.05) is 31.2 Å². The van der Waals surface area contributed by atoms with Gasteiger partial charge < -0.3 is 0 Å². The Kier molecular flexibility index (Phi) is 5.18. The van der Waals surface area contributed by atoms with Crippen LogP contribution in [-0.2, 0) is 32.2 Å². The summed E-state index contributed by atoms with van der Waals surface area (Å²) in [6, 6.07) is 16.5. The van der Waals surface area contributed by atoms with Crippen LogP contribution in [0.2, 0.25) is 0 Å². The van der Waals surface area contributed by atoms with E-state index in [2.05, 4.69) is 24.9 Å². The second-order valence-corrected chi connectivity index (χ2v) is 4.55. The molecule has 2 aromatic rings. The van der Waals surface area contributed by atoms with E-state index in [0.717, 1.165) is 11.3 Å². The topological polar surface area (TPSA) is 12.9 Å². The zero-order chi connectivity index (χ0) is 12.3. The summed E-state index contributed by atoms with van der Waals surface area (Å²) >= 11 is 0. The van der Waals surface area contributed by atoms with Crippen LogP contribution in [0.25, 0.3) is 0 Å². The predicted octanol–water partition coefficient (Wildman–Crippen LogP) is 3.67. The fourth-order valence-electron chi connectivity index (χ4n) is 1.82. The molecule has 1 aromatic heterocycles. The van der Waals surface area contributed by atoms with Crippen molar-refractivity contribution in [2.45, 2.75) is 25.9 Å². The molecule has 0 saturated carbocycles. The van der Waals surface area contributed by atoms with Gasteiger partial charge in [-0.25, -0.2) is 4.39 Å². The van der Waals surface area contributed by atoms with E-state index in [-0.39, 0.29) is 25.5 Å². The van der Waals surface area contributed by atoms with Gasteiger partial charge in [0.2, 0.25) is 0 Å². The minimum absolute atomic E-state index is 0. The number of halogens is 1. The maximum absolute atomic E-state index is 12.6. The Morgan fingerprint density at radius 3 is 2.56 bits per heavy atom. The summed E-state index contributed by atoms with van der Waals surface area (Å²) in [5.41, 5.74) is 2.15. The number of aromatic nitrogens is 1. The molecule has 0 amide bonds. The van der Waals surface area contributed by atoms with Crippen molar-refractivity contribution in [1.82, 2.24) is 4.98 Å². The van der Waals surface area contributed by atoms with Crippen LogP contribution in [0.4, 0.5) is 4.39 Å². The largest absolute Gasteiger partial charge is 0.254 e. The summed E-state index contributed by atoms with van der Waals surface area (Å²) in [4.78, 5) is 4.34. The SMILES string of the molecule is CC(C)(c1[c-]cccc1)c1cccc(CF)n1.[Ir]. The molecule has 3 heteroatoms. The van der Waals surface area contributed by atoms with Crippen molar-refractivity contribution in [1.29, 1.82) is 0 Å². The van der Waals surface area contributed by atoms with E-state index >= 15 is 0 Å². The molecule has 2 rings (SSSR count). The third-order valence-electron chi connectivity index (χ3n) is 2.97. The van der Waals surface area contributed by atoms with Crippen LogP contribution in [0.15, 0.2) is 42.5 Å². The Labute approximate surface area is 121 Å². The number of pyridine rings is 1. The normalized spacial score (nSPS) is 10.8. The molecular formula is C15H15FIrN-. The summed E-state index contributed by atoms with van der Waals surface area (Å²) < 4.78 is 12.6. The van der Waals surface area contributed by atoms with Crippen LogP contribution < -0.4 is 0 Å². The fraction of sp³-hybridized carbons (Fsp3) is 0.267. The minimum atomic E-state index is -0.525. The second-order valence-electron chi connectivity index (χ2n) is 4.55. The molecule has 0 aliphatic rings. The van der Waals surface area contributed by atoms with E-state index in [4.69, 9.17) is 0 Å². The molecule has 18 heavy (non-hydrogen) atoms. The van der Waals surface area contributed by atoms with Crippen molar-refractivity contribution in [3.8, 4) is 0 Å². The molecule has 1 radical (unpaired) electrons. The standard InChI is InChI=1S/C15H15FN.Ir/c1-15(2,12-7-4-3-5-8-12)14-10-6-9-13(11-16)17-14;/h3-7,9-10H,11H2,1-2H3;/q-1;. The van der Waals surface area contributed by atoms with Gasteiger partial charge in [0.05, 0.1) is 5.69 Å². The van der Waals surface area contributed by atoms with E-state index in [0.29, 0.717) is 5.69 Å². The average molecular weight is 421 g/mol. The average Bonchev–Trinajstić information content (AvgIpc) is 2.40. The van der Waals surface area contributed by atoms with E-state index in [1.54, 1.807) is 6.07 Å². The second kappa shape index (κ2) is 6.21. The van der Waals surface area contributed by atoms with Gasteiger partial charge in [-0.1, -0.05) is 19.9 Å². The number of benzene rings is 1. The fourth-order valence-corrected chi connectivity index (χ4v) is 1.82. The molecule has 1 nitrogen and oxygen atoms in total. The predicted molar refractivity (Wildman–Crippen MR) is 66.5 cm³/mol. The third kappa shape index (κ3) is 3.04. The van der Waals surface area contributed by atoms with Crippen molar-refractivity contribution in [3.05, 3.63) is 65.5 Å². The van der Waals surface area contributed by atoms with Gasteiger partial charge in [-0.15, -0.1) is 0 Å². The van der Waals surface area contributed by atoms with Gasteiger partial charge >= 0.3 is 0 Å². The van der Waals surface area contributed by atoms with E-state index in [9.17, 15) is 4.39 Å². The van der Waals surface area contributed by atoms with Crippen LogP contribution in [0.1, 0.15) is 30.8 Å². The molecule has 0 unspecified atom stereocenters. The van der Waals surface area contributed by atoms with Gasteiger partial charge in [-0.2, -0.15) is 35.9 Å². The molecular weight excluding hydrogens is 405 g/mol. The zero-order valence-electron chi connectivity index (χ0n) is 10.4. The van der Waals surface area contributed by atoms with Crippen molar-refractivity contribution in [2.75, 3.05) is 0 Å². The van der Waals surface area contributed by atoms with Crippen LogP contribution in [0.3, 0.4) is 0 Å². The molecule has 1 heterocycles. The van der Waals surface area contributed by atoms with Crippen LogP contribution in [0.5, 0.6) is 0 Å². The van der Waals surface area contributed by atoms with Crippen LogP contribution in [0, 0.1) is 6.07 Å². The maximum Gasteiger partial charge on any atom is 0.131 e. The first kappa shape index (κ1) is 15.0. The number of rotatable bonds is 3. The Balaban J connectivity index is 0.00000162. The first-order valence-electron chi connectivity index (χ1n) is 5.64. The van der Waals surface area contributed by atoms with Gasteiger partial charge in [0.15, 0.2) is 0 Å². The molecule has 0 aliphatic heterocycles. The number of alkyl halides is 1. The van der Waals surface area contributed by atoms with Crippen molar-refractivity contribution in [3.63, 3.8) is 0 Å². The Morgan fingerprint density at radius 2 is 1.94 bits per heavy atom. The number of hydrogen-bond donors (Lipinski definition) is 0. The molecule has 97 valence electrons. The summed E-state index contributed by atoms with van der Waals surface area (Å²) in [6.45, 7) is 3.62. The van der Waals surface area contributed by atoms with E-state index in [1.165, 1.54) is 0 Å². The van der Waals surface area contributed by atoms with Crippen LogP contribution >= 0.6 is 0 Å². The molecule has 0 spiro atoms. The smallest absolute Gasteiger partial charge is 0.131 e. The Hall–Kier alpha value is -1.05. The summed E-state index contributed by atoms with van der Waals surface area (Å²) in [5, 5.41) is 0. The molecule has 0 atom stereocenters. The Bertz CT molecular complexity index is 497. The minimum Gasteiger partial charge on any atom is -0.254 e. The quantitative estimate of drug-likeness (QED) is 0.691. The summed E-state index contributed by atoms with van der Waals surface area (Å²) in [5.74, 6) is 0. The number of nitrogens with zero attached hydrogens (tertiary/aromatic N) is 1. The van der Waals surface area contributed by atoms with Gasteiger partial charge in [0.1, 0.15) is 6.67 Å². The Morgan fingerprint density at radius 1 is 1.17 bits per heavy atom. The summed E-state index contributed by atoms with van der Waals surface area (Å²) in [6.07, 6.45) is 0. The van der Waals surface area contributed by atoms with Crippen molar-refractivity contribution >= 4 is 0 Å². The van der Waals surface area contributed by atoms with Crippen molar-refractivity contribution in [2.24, 2.45) is 0 Å². The molecule has 0 bridgehead atoms. The maximum atomic E-state index is 12.6. The first-order valence-corrected chi connectivity index (χ1v) is 5.64. The molecule has 0 saturated heterocycles. The van der Waals surface area contributed by atoms with Crippen molar-refractivity contribution < 1.29 is 24.5 Å². The molecule has 0 aliphatic carbocycles. The zero-order valence-corrected chi connectivity index (χ0v) is 12.8. The molecule has 0 fully saturated rings.